The molecule has 2 aromatic rings. The fourth-order valence-electron chi connectivity index (χ4n) is 3.08. The number of piperidine rings is 1. The number of nitrogens with one attached hydrogen (secondary N) is 1. The van der Waals surface area contributed by atoms with Gasteiger partial charge in [-0.2, -0.15) is 5.10 Å². The summed E-state index contributed by atoms with van der Waals surface area (Å²) >= 11 is 0. The lowest BCUT2D eigenvalue weighted by Gasteiger charge is -2.32. The standard InChI is InChI=1S/C18H19F3N4O3/c1-24-16(26)9-8-15(23-24)25-10-4-5-12(11-25)17(27)22-13-6-2-3-7-14(13)28-18(19,20)21/h2-3,6-9,12H,4-5,10-11H2,1H3,(H,22,27). The highest BCUT2D eigenvalue weighted by Crippen LogP contribution is 2.31. The Morgan fingerprint density at radius 2 is 2.00 bits per heavy atom. The van der Waals surface area contributed by atoms with Gasteiger partial charge in [0.25, 0.3) is 5.56 Å². The summed E-state index contributed by atoms with van der Waals surface area (Å²) < 4.78 is 42.8. The van der Waals surface area contributed by atoms with E-state index in [4.69, 9.17) is 0 Å². The van der Waals surface area contributed by atoms with Crippen LogP contribution >= 0.6 is 0 Å². The molecule has 1 saturated heterocycles. The summed E-state index contributed by atoms with van der Waals surface area (Å²) in [6, 6.07) is 8.40. The lowest BCUT2D eigenvalue weighted by molar-refractivity contribution is -0.274. The smallest absolute Gasteiger partial charge is 0.404 e. The Balaban J connectivity index is 1.71. The van der Waals surface area contributed by atoms with Crippen LogP contribution < -0.4 is 20.5 Å². The van der Waals surface area contributed by atoms with Crippen LogP contribution in [0.15, 0.2) is 41.2 Å². The van der Waals surface area contributed by atoms with Crippen molar-refractivity contribution >= 4 is 17.4 Å². The number of carbonyl (C=O) groups is 1. The molecule has 10 heteroatoms. The molecule has 0 radical (unpaired) electrons. The number of para-hydroxylation sites is 2. The van der Waals surface area contributed by atoms with Gasteiger partial charge in [-0.3, -0.25) is 9.59 Å². The zero-order valence-corrected chi connectivity index (χ0v) is 15.1. The van der Waals surface area contributed by atoms with Crippen LogP contribution in [0.25, 0.3) is 0 Å². The molecule has 28 heavy (non-hydrogen) atoms. The molecule has 1 N–H and O–H groups in total. The van der Waals surface area contributed by atoms with Gasteiger partial charge in [-0.05, 0) is 31.0 Å². The Labute approximate surface area is 158 Å². The zero-order valence-electron chi connectivity index (χ0n) is 15.1. The average molecular weight is 396 g/mol. The molecular formula is C18H19F3N4O3. The lowest BCUT2D eigenvalue weighted by atomic mass is 9.97. The minimum atomic E-state index is -4.85. The number of hydrogen-bond acceptors (Lipinski definition) is 5. The number of carbonyl (C=O) groups excluding carboxylic acids is 1. The number of hydrogen-bond donors (Lipinski definition) is 1. The summed E-state index contributed by atoms with van der Waals surface area (Å²) in [6.07, 6.45) is -3.54. The van der Waals surface area contributed by atoms with Gasteiger partial charge >= 0.3 is 6.36 Å². The van der Waals surface area contributed by atoms with Crippen LogP contribution in [-0.4, -0.2) is 35.1 Å². The van der Waals surface area contributed by atoms with Crippen molar-refractivity contribution in [2.75, 3.05) is 23.3 Å². The number of alkyl halides is 3. The first-order valence-corrected chi connectivity index (χ1v) is 8.68. The van der Waals surface area contributed by atoms with Crippen LogP contribution in [0.1, 0.15) is 12.8 Å². The van der Waals surface area contributed by atoms with Crippen LogP contribution in [0.2, 0.25) is 0 Å². The number of ether oxygens (including phenoxy) is 1. The predicted octanol–water partition coefficient (Wildman–Crippen LogP) is 2.53. The van der Waals surface area contributed by atoms with Crippen molar-refractivity contribution in [1.82, 2.24) is 9.78 Å². The Hall–Kier alpha value is -3.04. The first kappa shape index (κ1) is 19.7. The summed E-state index contributed by atoms with van der Waals surface area (Å²) in [5.41, 5.74) is -0.279. The molecule has 1 aliphatic heterocycles. The zero-order chi connectivity index (χ0) is 20.3. The third kappa shape index (κ3) is 4.81. The maximum atomic E-state index is 12.6. The Kier molecular flexibility index (Phi) is 5.57. The predicted molar refractivity (Wildman–Crippen MR) is 96.2 cm³/mol. The van der Waals surface area contributed by atoms with Crippen molar-refractivity contribution < 1.29 is 22.7 Å². The fraction of sp³-hybridized carbons (Fsp3) is 0.389. The van der Waals surface area contributed by atoms with Gasteiger partial charge < -0.3 is 15.0 Å². The van der Waals surface area contributed by atoms with E-state index in [9.17, 15) is 22.8 Å². The highest BCUT2D eigenvalue weighted by Gasteiger charge is 2.33. The van der Waals surface area contributed by atoms with Gasteiger partial charge in [0, 0.05) is 26.2 Å². The fourth-order valence-corrected chi connectivity index (χ4v) is 3.08. The Morgan fingerprint density at radius 3 is 2.71 bits per heavy atom. The molecule has 1 aromatic carbocycles. The topological polar surface area (TPSA) is 76.5 Å². The maximum absolute atomic E-state index is 12.6. The van der Waals surface area contributed by atoms with Gasteiger partial charge in [0.15, 0.2) is 5.75 Å². The number of anilines is 2. The molecule has 2 heterocycles. The number of rotatable bonds is 4. The molecule has 1 amide bonds. The molecule has 1 fully saturated rings. The monoisotopic (exact) mass is 396 g/mol. The van der Waals surface area contributed by atoms with Gasteiger partial charge in [-0.15, -0.1) is 13.2 Å². The third-order valence-corrected chi connectivity index (χ3v) is 4.43. The summed E-state index contributed by atoms with van der Waals surface area (Å²) in [7, 11) is 1.54. The molecule has 0 bridgehead atoms. The van der Waals surface area contributed by atoms with Crippen molar-refractivity contribution in [2.45, 2.75) is 19.2 Å². The lowest BCUT2D eigenvalue weighted by Crippen LogP contribution is -2.41. The Bertz CT molecular complexity index is 913. The number of aromatic nitrogens is 2. The Morgan fingerprint density at radius 1 is 1.25 bits per heavy atom. The van der Waals surface area contributed by atoms with Crippen LogP contribution in [0.3, 0.4) is 0 Å². The molecule has 7 nitrogen and oxygen atoms in total. The third-order valence-electron chi connectivity index (χ3n) is 4.43. The number of halogens is 3. The first-order chi connectivity index (χ1) is 13.2. The molecule has 3 rings (SSSR count). The molecule has 0 aliphatic carbocycles. The number of aryl methyl sites for hydroxylation is 1. The van der Waals surface area contributed by atoms with Gasteiger partial charge in [0.05, 0.1) is 11.6 Å². The quantitative estimate of drug-likeness (QED) is 0.860. The van der Waals surface area contributed by atoms with Crippen LogP contribution in [-0.2, 0) is 11.8 Å². The SMILES string of the molecule is Cn1nc(N2CCCC(C(=O)Nc3ccccc3OC(F)(F)F)C2)ccc1=O. The molecule has 0 spiro atoms. The van der Waals surface area contributed by atoms with Crippen molar-refractivity contribution in [1.29, 1.82) is 0 Å². The minimum absolute atomic E-state index is 0.0396. The van der Waals surface area contributed by atoms with Crippen molar-refractivity contribution in [3.63, 3.8) is 0 Å². The van der Waals surface area contributed by atoms with E-state index in [2.05, 4.69) is 15.2 Å². The highest BCUT2D eigenvalue weighted by atomic mass is 19.4. The van der Waals surface area contributed by atoms with E-state index in [1.54, 1.807) is 6.07 Å². The number of amides is 1. The number of benzene rings is 1. The molecule has 150 valence electrons. The summed E-state index contributed by atoms with van der Waals surface area (Å²) in [5, 5.41) is 6.71. The van der Waals surface area contributed by atoms with E-state index < -0.39 is 23.9 Å². The van der Waals surface area contributed by atoms with E-state index in [-0.39, 0.29) is 11.2 Å². The van der Waals surface area contributed by atoms with Crippen LogP contribution in [0.5, 0.6) is 5.75 Å². The molecule has 1 unspecified atom stereocenters. The van der Waals surface area contributed by atoms with E-state index in [1.165, 1.54) is 36.0 Å². The van der Waals surface area contributed by atoms with Crippen LogP contribution in [0.4, 0.5) is 24.7 Å². The summed E-state index contributed by atoms with van der Waals surface area (Å²) in [6.45, 7) is 1.02. The van der Waals surface area contributed by atoms with E-state index in [0.29, 0.717) is 31.7 Å². The van der Waals surface area contributed by atoms with Crippen molar-refractivity contribution in [2.24, 2.45) is 13.0 Å². The van der Waals surface area contributed by atoms with Gasteiger partial charge in [-0.1, -0.05) is 12.1 Å². The maximum Gasteiger partial charge on any atom is 0.573 e. The molecule has 1 atom stereocenters. The minimum Gasteiger partial charge on any atom is -0.404 e. The molecule has 0 saturated carbocycles. The second kappa shape index (κ2) is 7.91. The van der Waals surface area contributed by atoms with E-state index in [0.717, 1.165) is 6.07 Å². The van der Waals surface area contributed by atoms with Crippen LogP contribution in [0, 0.1) is 5.92 Å². The van der Waals surface area contributed by atoms with Gasteiger partial charge in [0.2, 0.25) is 5.91 Å². The number of nitrogens with zero attached hydrogens (tertiary/aromatic N) is 3. The molecular weight excluding hydrogens is 377 g/mol. The van der Waals surface area contributed by atoms with E-state index in [1.807, 2.05) is 4.90 Å². The van der Waals surface area contributed by atoms with Crippen molar-refractivity contribution in [3.8, 4) is 5.75 Å². The average Bonchev–Trinajstić information content (AvgIpc) is 2.64. The first-order valence-electron chi connectivity index (χ1n) is 8.68. The van der Waals surface area contributed by atoms with Gasteiger partial charge in [0.1, 0.15) is 5.82 Å². The second-order valence-electron chi connectivity index (χ2n) is 6.47. The van der Waals surface area contributed by atoms with Gasteiger partial charge in [-0.25, -0.2) is 4.68 Å². The summed E-state index contributed by atoms with van der Waals surface area (Å²) in [4.78, 5) is 26.0. The highest BCUT2D eigenvalue weighted by molar-refractivity contribution is 5.94. The largest absolute Gasteiger partial charge is 0.573 e. The van der Waals surface area contributed by atoms with E-state index >= 15 is 0 Å². The summed E-state index contributed by atoms with van der Waals surface area (Å²) in [5.74, 6) is -0.726. The normalized spacial score (nSPS) is 17.3. The van der Waals surface area contributed by atoms with Crippen molar-refractivity contribution in [3.05, 3.63) is 46.8 Å². The molecule has 1 aliphatic rings. The molecule has 1 aromatic heterocycles. The second-order valence-corrected chi connectivity index (χ2v) is 6.47.